The lowest BCUT2D eigenvalue weighted by Gasteiger charge is -2.45. The van der Waals surface area contributed by atoms with Gasteiger partial charge in [-0.3, -0.25) is 24.0 Å². The van der Waals surface area contributed by atoms with Crippen LogP contribution >= 0.6 is 0 Å². The molecule has 57 heavy (non-hydrogen) atoms. The third kappa shape index (κ3) is 8.08. The lowest BCUT2D eigenvalue weighted by atomic mass is 9.85. The van der Waals surface area contributed by atoms with E-state index in [0.29, 0.717) is 39.5 Å². The Kier molecular flexibility index (Phi) is 11.2. The number of nitrogens with one attached hydrogen (secondary N) is 2. The number of pyridine rings is 1. The van der Waals surface area contributed by atoms with Gasteiger partial charge >= 0.3 is 12.3 Å². The molecule has 1 aromatic heterocycles. The first kappa shape index (κ1) is 41.9. The van der Waals surface area contributed by atoms with Gasteiger partial charge in [0.15, 0.2) is 11.6 Å². The van der Waals surface area contributed by atoms with Gasteiger partial charge in [0.2, 0.25) is 27.7 Å². The highest BCUT2D eigenvalue weighted by Gasteiger charge is 2.63. The number of hydrogen-bond donors (Lipinski definition) is 3. The molecule has 4 aliphatic rings. The zero-order valence-electron chi connectivity index (χ0n) is 32.1. The Labute approximate surface area is 327 Å². The van der Waals surface area contributed by atoms with Crippen molar-refractivity contribution < 1.29 is 59.7 Å². The quantitative estimate of drug-likeness (QED) is 0.244. The molecule has 3 fully saturated rings. The van der Waals surface area contributed by atoms with Gasteiger partial charge in [0.25, 0.3) is 5.91 Å². The molecule has 2 aliphatic heterocycles. The summed E-state index contributed by atoms with van der Waals surface area (Å²) in [5, 5.41) is 12.6. The maximum absolute atomic E-state index is 15.2. The third-order valence-corrected chi connectivity index (χ3v) is 13.5. The van der Waals surface area contributed by atoms with Gasteiger partial charge in [-0.1, -0.05) is 26.0 Å². The summed E-state index contributed by atoms with van der Waals surface area (Å²) in [4.78, 5) is 61.3. The molecule has 0 bridgehead atoms. The fourth-order valence-corrected chi connectivity index (χ4v) is 9.43. The molecule has 0 radical (unpaired) electrons. The molecule has 1 aromatic carbocycles. The zero-order chi connectivity index (χ0) is 41.8. The van der Waals surface area contributed by atoms with Gasteiger partial charge in [0.05, 0.1) is 18.9 Å². The summed E-state index contributed by atoms with van der Waals surface area (Å²) in [7, 11) is -2.75. The number of rotatable bonds is 8. The number of aromatic nitrogens is 1. The summed E-state index contributed by atoms with van der Waals surface area (Å²) >= 11 is 0. The first-order valence-corrected chi connectivity index (χ1v) is 20.4. The second-order valence-electron chi connectivity index (χ2n) is 16.2. The molecule has 6 rings (SSSR count). The van der Waals surface area contributed by atoms with Crippen molar-refractivity contribution in [3.05, 3.63) is 42.4 Å². The standard InChI is InChI=1S/C38H47F4N5O9S/c1-20-8-6-7-9-22-18-37(22,34(50)45-57(53,54)24-10-11-24)44-31(48)27-17-23(56-32-26-12-13-28(55-5)29(39)25(26)14-15-43-32)19-46(27)33(49)30(21(2)16-20)47(35(51)52)36(3,4)38(40,41)42/h7,9,12-15,20-24,27,30H,6,8,10-11,16-19H2,1-5H3,(H,44,48)(H,45,50)(H,51,52)/t20-,21+,22+,23+,27-,30-,37+/m0/s1. The van der Waals surface area contributed by atoms with Crippen LogP contribution in [0.15, 0.2) is 36.5 Å². The minimum absolute atomic E-state index is 0.0264. The van der Waals surface area contributed by atoms with Crippen LogP contribution in [0.2, 0.25) is 0 Å². The van der Waals surface area contributed by atoms with Gasteiger partial charge in [-0.2, -0.15) is 13.2 Å². The number of amides is 4. The summed E-state index contributed by atoms with van der Waals surface area (Å²) in [6.07, 6.45) is -1.93. The summed E-state index contributed by atoms with van der Waals surface area (Å²) in [5.41, 5.74) is -4.80. The summed E-state index contributed by atoms with van der Waals surface area (Å²) in [6.45, 7) is 4.20. The van der Waals surface area contributed by atoms with E-state index in [4.69, 9.17) is 9.47 Å². The van der Waals surface area contributed by atoms with Crippen molar-refractivity contribution in [3.8, 4) is 11.6 Å². The average molecular weight is 826 g/mol. The number of carbonyl (C=O) groups is 4. The number of carboxylic acid groups (broad SMARTS) is 1. The predicted octanol–water partition coefficient (Wildman–Crippen LogP) is 4.92. The molecule has 0 unspecified atom stereocenters. The second-order valence-corrected chi connectivity index (χ2v) is 18.2. The van der Waals surface area contributed by atoms with E-state index in [-0.39, 0.29) is 52.5 Å². The number of hydrogen-bond acceptors (Lipinski definition) is 9. The second kappa shape index (κ2) is 15.2. The molecule has 2 aromatic rings. The topological polar surface area (TPSA) is 185 Å². The number of allylic oxidation sites excluding steroid dienone is 1. The highest BCUT2D eigenvalue weighted by atomic mass is 32.2. The maximum atomic E-state index is 15.2. The van der Waals surface area contributed by atoms with Crippen LogP contribution in [-0.2, 0) is 24.4 Å². The predicted molar refractivity (Wildman–Crippen MR) is 197 cm³/mol. The molecule has 3 N–H and O–H groups in total. The lowest BCUT2D eigenvalue weighted by molar-refractivity contribution is -0.222. The van der Waals surface area contributed by atoms with E-state index in [1.807, 2.05) is 6.92 Å². The van der Waals surface area contributed by atoms with E-state index < -0.39 is 98.7 Å². The Morgan fingerprint density at radius 3 is 2.42 bits per heavy atom. The minimum atomic E-state index is -5.12. The highest BCUT2D eigenvalue weighted by Crippen LogP contribution is 2.47. The number of methoxy groups -OCH3 is 1. The third-order valence-electron chi connectivity index (χ3n) is 11.7. The van der Waals surface area contributed by atoms with Gasteiger partial charge in [-0.15, -0.1) is 0 Å². The van der Waals surface area contributed by atoms with E-state index in [0.717, 1.165) is 4.90 Å². The first-order valence-electron chi connectivity index (χ1n) is 18.8. The Balaban J connectivity index is 1.43. The highest BCUT2D eigenvalue weighted by molar-refractivity contribution is 7.91. The van der Waals surface area contributed by atoms with Crippen LogP contribution in [0.5, 0.6) is 11.6 Å². The molecular formula is C38H47F4N5O9S. The number of carbonyl (C=O) groups excluding carboxylic acids is 3. The van der Waals surface area contributed by atoms with Crippen LogP contribution in [0.25, 0.3) is 10.8 Å². The fourth-order valence-electron chi connectivity index (χ4n) is 8.07. The van der Waals surface area contributed by atoms with E-state index in [1.54, 1.807) is 12.2 Å². The average Bonchev–Trinajstić information content (AvgIpc) is 4.05. The largest absolute Gasteiger partial charge is 0.494 e. The van der Waals surface area contributed by atoms with Crippen molar-refractivity contribution in [2.24, 2.45) is 17.8 Å². The van der Waals surface area contributed by atoms with Crippen LogP contribution in [0.1, 0.15) is 72.6 Å². The van der Waals surface area contributed by atoms with E-state index in [2.05, 4.69) is 15.0 Å². The van der Waals surface area contributed by atoms with Gasteiger partial charge < -0.3 is 24.8 Å². The number of alkyl halides is 3. The summed E-state index contributed by atoms with van der Waals surface area (Å²) in [6, 6.07) is 0.758. The van der Waals surface area contributed by atoms with Crippen molar-refractivity contribution in [3.63, 3.8) is 0 Å². The van der Waals surface area contributed by atoms with Gasteiger partial charge in [0, 0.05) is 29.3 Å². The van der Waals surface area contributed by atoms with E-state index in [1.165, 1.54) is 38.4 Å². The monoisotopic (exact) mass is 825 g/mol. The molecule has 7 atom stereocenters. The lowest BCUT2D eigenvalue weighted by Crippen LogP contribution is -2.66. The molecule has 0 spiro atoms. The minimum Gasteiger partial charge on any atom is -0.494 e. The van der Waals surface area contributed by atoms with Gasteiger partial charge in [-0.25, -0.2) is 22.6 Å². The van der Waals surface area contributed by atoms with E-state index in [9.17, 15) is 45.9 Å². The first-order chi connectivity index (χ1) is 26.6. The summed E-state index contributed by atoms with van der Waals surface area (Å²) in [5.74, 6) is -5.67. The number of halogens is 4. The van der Waals surface area contributed by atoms with Crippen molar-refractivity contribution in [1.29, 1.82) is 0 Å². The smallest absolute Gasteiger partial charge is 0.411 e. The van der Waals surface area contributed by atoms with Crippen molar-refractivity contribution in [1.82, 2.24) is 24.8 Å². The molecule has 312 valence electrons. The Bertz CT molecular complexity index is 2080. The van der Waals surface area contributed by atoms with Gasteiger partial charge in [0.1, 0.15) is 29.3 Å². The molecule has 1 saturated heterocycles. The van der Waals surface area contributed by atoms with Crippen LogP contribution in [0.4, 0.5) is 22.4 Å². The molecule has 19 heteroatoms. The molecular weight excluding hydrogens is 779 g/mol. The number of benzene rings is 1. The summed E-state index contributed by atoms with van der Waals surface area (Å²) < 4.78 is 98.3. The maximum Gasteiger partial charge on any atom is 0.411 e. The van der Waals surface area contributed by atoms with Crippen LogP contribution in [0.3, 0.4) is 0 Å². The normalized spacial score (nSPS) is 28.7. The van der Waals surface area contributed by atoms with E-state index >= 15 is 4.39 Å². The molecule has 2 saturated carbocycles. The van der Waals surface area contributed by atoms with Gasteiger partial charge in [-0.05, 0) is 82.4 Å². The number of ether oxygens (including phenoxy) is 2. The van der Waals surface area contributed by atoms with Crippen molar-refractivity contribution in [2.75, 3.05) is 13.7 Å². The molecule has 3 heterocycles. The van der Waals surface area contributed by atoms with Crippen LogP contribution < -0.4 is 19.5 Å². The molecule has 14 nitrogen and oxygen atoms in total. The van der Waals surface area contributed by atoms with Crippen LogP contribution in [0, 0.1) is 23.6 Å². The van der Waals surface area contributed by atoms with Crippen molar-refractivity contribution >= 4 is 44.6 Å². The Morgan fingerprint density at radius 1 is 1.09 bits per heavy atom. The number of nitrogens with zero attached hydrogens (tertiary/aromatic N) is 3. The van der Waals surface area contributed by atoms with Crippen molar-refractivity contribution in [2.45, 2.75) is 113 Å². The van der Waals surface area contributed by atoms with Crippen LogP contribution in [-0.4, -0.2) is 106 Å². The SMILES string of the molecule is COc1ccc2c(O[C@@H]3C[C@H]4C(=O)N[C@]5(C(=O)NS(=O)(=O)C6CC6)C[C@H]5C=CCC[C@H](C)C[C@@H](C)[C@H](N(C(=O)O)C(C)(C)C(F)(F)F)C(=O)N4C3)nccc2c1F. The Hall–Kier alpha value is -4.68. The number of fused-ring (bicyclic) bond motifs is 3. The number of sulfonamides is 1. The molecule has 2 aliphatic carbocycles. The Morgan fingerprint density at radius 2 is 1.79 bits per heavy atom. The zero-order valence-corrected chi connectivity index (χ0v) is 33.0. The fraction of sp³-hybridized carbons (Fsp3) is 0.605. The molecule has 4 amide bonds.